The van der Waals surface area contributed by atoms with E-state index in [2.05, 4.69) is 5.16 Å². The maximum atomic E-state index is 15.8. The van der Waals surface area contributed by atoms with Crippen molar-refractivity contribution in [1.29, 1.82) is 0 Å². The number of halogens is 1. The second-order valence-corrected chi connectivity index (χ2v) is 20.8. The predicted octanol–water partition coefficient (Wildman–Crippen LogP) is 8.00. The number of nitrogen functional groups attached to an aromatic ring is 1. The number of anilines is 1. The number of benzene rings is 3. The lowest BCUT2D eigenvalue weighted by atomic mass is 9.58. The Balaban J connectivity index is 1.41. The summed E-state index contributed by atoms with van der Waals surface area (Å²) in [7, 11) is 0.786. The van der Waals surface area contributed by atoms with Crippen LogP contribution in [0.25, 0.3) is 0 Å². The molecule has 0 saturated heterocycles. The van der Waals surface area contributed by atoms with Gasteiger partial charge in [-0.15, -0.1) is 0 Å². The zero-order chi connectivity index (χ0) is 38.0. The largest absolute Gasteiger partial charge is 0.508 e. The molecule has 4 atom stereocenters. The van der Waals surface area contributed by atoms with Crippen molar-refractivity contribution in [3.63, 3.8) is 0 Å². The van der Waals surface area contributed by atoms with Crippen LogP contribution in [0.5, 0.6) is 11.6 Å². The van der Waals surface area contributed by atoms with Crippen LogP contribution >= 0.6 is 0 Å². The van der Waals surface area contributed by atoms with Gasteiger partial charge < -0.3 is 29.3 Å². The van der Waals surface area contributed by atoms with Crippen LogP contribution in [-0.2, 0) is 24.1 Å². The zero-order valence-electron chi connectivity index (χ0n) is 31.2. The minimum Gasteiger partial charge on any atom is -0.508 e. The fourth-order valence-corrected chi connectivity index (χ4v) is 9.32. The summed E-state index contributed by atoms with van der Waals surface area (Å²) in [6, 6.07) is 19.4. The number of carbonyl (C=O) groups excluding carboxylic acids is 2. The highest BCUT2D eigenvalue weighted by atomic mass is 28.4. The number of allylic oxidation sites excluding steroid dienone is 1. The number of aliphatic hydroxyl groups is 1. The number of aliphatic hydroxyl groups excluding tert-OH is 1. The molecular formula is C41H46FN3O7Si. The van der Waals surface area contributed by atoms with Crippen LogP contribution in [-0.4, -0.2) is 54.7 Å². The third-order valence-electron chi connectivity index (χ3n) is 11.5. The summed E-state index contributed by atoms with van der Waals surface area (Å²) in [5, 5.41) is 16.6. The summed E-state index contributed by atoms with van der Waals surface area (Å²) in [6.45, 7) is 10.3. The first-order chi connectivity index (χ1) is 25.1. The molecular weight excluding hydrogens is 694 g/mol. The van der Waals surface area contributed by atoms with Crippen LogP contribution < -0.4 is 15.2 Å². The Morgan fingerprint density at radius 2 is 1.60 bits per heavy atom. The molecule has 0 fully saturated rings. The lowest BCUT2D eigenvalue weighted by molar-refractivity contribution is -0.0481. The number of carbonyl (C=O) groups is 2. The van der Waals surface area contributed by atoms with Gasteiger partial charge in [0.15, 0.2) is 31.2 Å². The van der Waals surface area contributed by atoms with E-state index in [9.17, 15) is 9.90 Å². The van der Waals surface area contributed by atoms with Gasteiger partial charge in [-0.2, -0.15) is 0 Å². The van der Waals surface area contributed by atoms with E-state index < -0.39 is 60.0 Å². The molecule has 3 aromatic carbocycles. The molecule has 0 radical (unpaired) electrons. The van der Waals surface area contributed by atoms with Gasteiger partial charge in [0.2, 0.25) is 5.78 Å². The maximum absolute atomic E-state index is 15.8. The molecule has 0 spiro atoms. The SMILES string of the molecule is CN(C)[C@@H]1c2onc(OCc3ccccc3)c2C(=O)[C@@]2(O[Si](C)(C)C(C)(C)C)C(O)=C3C(=O)c4c(c(F)cc(N)c4OCc4ccccc4)C[C@H]3C[C@@H]12. The first-order valence-electron chi connectivity index (χ1n) is 17.9. The fraction of sp³-hybridized carbons (Fsp3) is 0.390. The van der Waals surface area contributed by atoms with Gasteiger partial charge in [0, 0.05) is 23.1 Å². The van der Waals surface area contributed by atoms with E-state index >= 15 is 9.18 Å². The highest BCUT2D eigenvalue weighted by molar-refractivity contribution is 6.74. The lowest BCUT2D eigenvalue weighted by Crippen LogP contribution is -2.65. The maximum Gasteiger partial charge on any atom is 0.265 e. The molecule has 4 aromatic rings. The molecule has 278 valence electrons. The molecule has 7 rings (SSSR count). The van der Waals surface area contributed by atoms with Crippen molar-refractivity contribution in [2.75, 3.05) is 19.8 Å². The number of rotatable bonds is 9. The van der Waals surface area contributed by atoms with Crippen LogP contribution in [0.4, 0.5) is 10.1 Å². The smallest absolute Gasteiger partial charge is 0.265 e. The minimum atomic E-state index is -2.92. The number of Topliss-reactive ketones (excluding diaryl/α,β-unsaturated/α-hetero) is 2. The molecule has 53 heavy (non-hydrogen) atoms. The Labute approximate surface area is 309 Å². The Hall–Kier alpha value is -4.78. The van der Waals surface area contributed by atoms with Gasteiger partial charge >= 0.3 is 0 Å². The molecule has 0 unspecified atom stereocenters. The van der Waals surface area contributed by atoms with E-state index in [4.69, 9.17) is 24.2 Å². The van der Waals surface area contributed by atoms with Crippen LogP contribution in [0.3, 0.4) is 0 Å². The van der Waals surface area contributed by atoms with Crippen LogP contribution in [0.15, 0.2) is 82.6 Å². The quantitative estimate of drug-likeness (QED) is 0.128. The first-order valence-corrected chi connectivity index (χ1v) is 20.8. The second-order valence-electron chi connectivity index (χ2n) is 16.1. The topological polar surface area (TPSA) is 137 Å². The van der Waals surface area contributed by atoms with Gasteiger partial charge in [0.25, 0.3) is 5.88 Å². The Morgan fingerprint density at radius 1 is 1.00 bits per heavy atom. The molecule has 0 aliphatic heterocycles. The molecule has 3 N–H and O–H groups in total. The van der Waals surface area contributed by atoms with E-state index in [0.717, 1.165) is 11.1 Å². The summed E-state index contributed by atoms with van der Waals surface area (Å²) >= 11 is 0. The summed E-state index contributed by atoms with van der Waals surface area (Å²) in [5.41, 5.74) is 6.13. The van der Waals surface area contributed by atoms with Crippen molar-refractivity contribution in [1.82, 2.24) is 10.1 Å². The number of hydrogen-bond acceptors (Lipinski definition) is 10. The van der Waals surface area contributed by atoms with Crippen LogP contribution in [0.1, 0.15) is 76.4 Å². The number of aromatic nitrogens is 1. The van der Waals surface area contributed by atoms with E-state index in [1.807, 2.05) is 114 Å². The number of hydrogen-bond donors (Lipinski definition) is 2. The van der Waals surface area contributed by atoms with Crippen molar-refractivity contribution in [3.8, 4) is 11.6 Å². The van der Waals surface area contributed by atoms with E-state index in [1.165, 1.54) is 6.07 Å². The monoisotopic (exact) mass is 739 g/mol. The Morgan fingerprint density at radius 3 is 2.19 bits per heavy atom. The number of ketones is 2. The van der Waals surface area contributed by atoms with Crippen molar-refractivity contribution in [2.45, 2.75) is 76.6 Å². The van der Waals surface area contributed by atoms with Crippen LogP contribution in [0, 0.1) is 17.7 Å². The lowest BCUT2D eigenvalue weighted by Gasteiger charge is -2.55. The summed E-state index contributed by atoms with van der Waals surface area (Å²) < 4.78 is 41.3. The molecule has 0 bridgehead atoms. The van der Waals surface area contributed by atoms with Crippen molar-refractivity contribution >= 4 is 25.6 Å². The number of nitrogens with two attached hydrogens (primary N) is 1. The van der Waals surface area contributed by atoms with Gasteiger partial charge in [-0.1, -0.05) is 81.4 Å². The standard InChI is InChI=1S/C41H46FN3O7Si/c1-40(2,3)53(6,7)52-41-27(33(45(4)5)36-32(38(41)48)39(44-51-36)50-22-24-16-12-9-13-17-24)19-25-18-26-28(42)20-29(43)35(31(26)34(46)30(25)37(41)47)49-21-23-14-10-8-11-15-23/h8-17,20,25,27,33,47H,18-19,21-22,43H2,1-7H3/t25-,27-,33-,41-/m0/s1. The molecule has 1 heterocycles. The summed E-state index contributed by atoms with van der Waals surface area (Å²) in [5.74, 6) is -3.44. The molecule has 10 nitrogen and oxygen atoms in total. The number of nitrogens with zero attached hydrogens (tertiary/aromatic N) is 2. The predicted molar refractivity (Wildman–Crippen MR) is 200 cm³/mol. The van der Waals surface area contributed by atoms with E-state index in [1.54, 1.807) is 0 Å². The normalized spacial score (nSPS) is 22.6. The van der Waals surface area contributed by atoms with Crippen molar-refractivity contribution < 1.29 is 37.5 Å². The van der Waals surface area contributed by atoms with Crippen molar-refractivity contribution in [3.05, 3.63) is 117 Å². The average Bonchev–Trinajstić information content (AvgIpc) is 3.52. The first kappa shape index (κ1) is 36.6. The van der Waals surface area contributed by atoms with Gasteiger partial charge in [-0.25, -0.2) is 4.39 Å². The third kappa shape index (κ3) is 5.96. The average molecular weight is 740 g/mol. The van der Waals surface area contributed by atoms with E-state index in [0.29, 0.717) is 0 Å². The molecule has 0 saturated carbocycles. The fourth-order valence-electron chi connectivity index (χ4n) is 7.87. The van der Waals surface area contributed by atoms with Gasteiger partial charge in [-0.3, -0.25) is 14.5 Å². The number of ether oxygens (including phenoxy) is 2. The number of fused-ring (bicyclic) bond motifs is 4. The molecule has 3 aliphatic carbocycles. The van der Waals surface area contributed by atoms with Crippen molar-refractivity contribution in [2.24, 2.45) is 11.8 Å². The van der Waals surface area contributed by atoms with Gasteiger partial charge in [0.05, 0.1) is 17.3 Å². The third-order valence-corrected chi connectivity index (χ3v) is 15.9. The second kappa shape index (κ2) is 13.3. The molecule has 3 aliphatic rings. The molecule has 1 aromatic heterocycles. The highest BCUT2D eigenvalue weighted by Gasteiger charge is 2.67. The molecule has 12 heteroatoms. The Kier molecular flexibility index (Phi) is 9.15. The minimum absolute atomic E-state index is 0.000431. The summed E-state index contributed by atoms with van der Waals surface area (Å²) in [6.07, 6.45) is 0.280. The van der Waals surface area contributed by atoms with E-state index in [-0.39, 0.29) is 71.4 Å². The summed E-state index contributed by atoms with van der Waals surface area (Å²) in [4.78, 5) is 32.2. The van der Waals surface area contributed by atoms with Crippen LogP contribution in [0.2, 0.25) is 18.1 Å². The van der Waals surface area contributed by atoms with Gasteiger partial charge in [0.1, 0.15) is 30.4 Å². The van der Waals surface area contributed by atoms with Gasteiger partial charge in [-0.05, 0) is 67.3 Å². The zero-order valence-corrected chi connectivity index (χ0v) is 32.2. The Bertz CT molecular complexity index is 2110. The molecule has 0 amide bonds. The highest BCUT2D eigenvalue weighted by Crippen LogP contribution is 2.60.